The molecule has 0 heterocycles. The number of rotatable bonds is 7. The van der Waals surface area contributed by atoms with Crippen LogP contribution in [0.15, 0.2) is 60.7 Å². The van der Waals surface area contributed by atoms with Gasteiger partial charge in [0.1, 0.15) is 14.8 Å². The molecule has 0 aromatic heterocycles. The van der Waals surface area contributed by atoms with Crippen LogP contribution in [0.5, 0.6) is 0 Å². The Balaban J connectivity index is 2.41. The van der Waals surface area contributed by atoms with E-state index >= 15 is 0 Å². The fourth-order valence-corrected chi connectivity index (χ4v) is 7.75. The van der Waals surface area contributed by atoms with E-state index < -0.39 is 24.0 Å². The summed E-state index contributed by atoms with van der Waals surface area (Å²) in [5, 5.41) is 0.672. The second-order valence-corrected chi connectivity index (χ2v) is 12.6. The summed E-state index contributed by atoms with van der Waals surface area (Å²) >= 11 is 6.81. The lowest BCUT2D eigenvalue weighted by Crippen LogP contribution is -2.31. The van der Waals surface area contributed by atoms with Gasteiger partial charge in [-0.25, -0.2) is 0 Å². The van der Waals surface area contributed by atoms with E-state index in [-0.39, 0.29) is 3.94 Å². The number of carbonyl (C=O) groups excluding carboxylic acids is 1. The molecule has 1 atom stereocenters. The highest BCUT2D eigenvalue weighted by molar-refractivity contribution is 8.39. The van der Waals surface area contributed by atoms with Gasteiger partial charge in [0.25, 0.3) is 0 Å². The zero-order chi connectivity index (χ0) is 21.5. The third-order valence-electron chi connectivity index (χ3n) is 3.96. The molecule has 0 fully saturated rings. The third-order valence-corrected chi connectivity index (χ3v) is 9.59. The Labute approximate surface area is 183 Å². The summed E-state index contributed by atoms with van der Waals surface area (Å²) in [6.07, 6.45) is 6.21. The maximum absolute atomic E-state index is 14.3. The average molecular weight is 445 g/mol. The minimum Gasteiger partial charge on any atom is -0.459 e. The molecule has 0 aliphatic rings. The lowest BCUT2D eigenvalue weighted by Gasteiger charge is -2.25. The molecule has 0 amide bonds. The topological polar surface area (TPSA) is 43.4 Å². The molecule has 29 heavy (non-hydrogen) atoms. The van der Waals surface area contributed by atoms with Crippen molar-refractivity contribution in [1.29, 1.82) is 0 Å². The number of esters is 1. The summed E-state index contributed by atoms with van der Waals surface area (Å²) in [5.41, 5.74) is -0.629. The van der Waals surface area contributed by atoms with E-state index in [1.807, 2.05) is 81.4 Å². The standard InChI is InChI=1S/C23H25O3PS2/c1-5-6-17-20(21(24)26-23(2,3)4)29-22(28)27(25,18-13-9-7-10-14-18)19-15-11-8-12-16-19/h1,7-16,20H,6,17H2,2-4H3. The second-order valence-electron chi connectivity index (χ2n) is 7.43. The van der Waals surface area contributed by atoms with E-state index in [0.717, 1.165) is 11.8 Å². The summed E-state index contributed by atoms with van der Waals surface area (Å²) < 4.78 is 20.1. The van der Waals surface area contributed by atoms with Crippen LogP contribution in [-0.2, 0) is 14.1 Å². The number of thiocarbonyl (C=S) groups is 1. The van der Waals surface area contributed by atoms with Gasteiger partial charge in [-0.2, -0.15) is 0 Å². The van der Waals surface area contributed by atoms with Gasteiger partial charge in [-0.15, -0.1) is 12.3 Å². The van der Waals surface area contributed by atoms with Crippen molar-refractivity contribution in [1.82, 2.24) is 0 Å². The van der Waals surface area contributed by atoms with E-state index in [9.17, 15) is 9.36 Å². The first kappa shape index (κ1) is 23.4. The predicted molar refractivity (Wildman–Crippen MR) is 128 cm³/mol. The van der Waals surface area contributed by atoms with E-state index in [0.29, 0.717) is 23.5 Å². The van der Waals surface area contributed by atoms with Crippen molar-refractivity contribution in [2.75, 3.05) is 0 Å². The molecule has 6 heteroatoms. The Morgan fingerprint density at radius 3 is 2.00 bits per heavy atom. The highest BCUT2D eigenvalue weighted by atomic mass is 32.2. The van der Waals surface area contributed by atoms with Crippen molar-refractivity contribution in [3.05, 3.63) is 60.7 Å². The summed E-state index contributed by atoms with van der Waals surface area (Å²) in [4.78, 5) is 12.7. The van der Waals surface area contributed by atoms with Gasteiger partial charge in [0.05, 0.1) is 0 Å². The summed E-state index contributed by atoms with van der Waals surface area (Å²) in [6, 6.07) is 18.3. The summed E-state index contributed by atoms with van der Waals surface area (Å²) in [6.45, 7) is 5.43. The molecule has 0 spiro atoms. The normalized spacial score (nSPS) is 12.6. The number of terminal acetylenes is 1. The van der Waals surface area contributed by atoms with Crippen molar-refractivity contribution >= 4 is 51.6 Å². The maximum atomic E-state index is 14.3. The Kier molecular flexibility index (Phi) is 8.28. The fourth-order valence-electron chi connectivity index (χ4n) is 2.64. The molecule has 2 aromatic carbocycles. The Hall–Kier alpha value is -1.86. The van der Waals surface area contributed by atoms with Gasteiger partial charge in [-0.05, 0) is 27.2 Å². The first-order chi connectivity index (χ1) is 13.7. The van der Waals surface area contributed by atoms with Gasteiger partial charge in [0.15, 0.2) is 7.14 Å². The van der Waals surface area contributed by atoms with Crippen LogP contribution >= 0.6 is 31.1 Å². The number of hydrogen-bond donors (Lipinski definition) is 0. The van der Waals surface area contributed by atoms with E-state index in [4.69, 9.17) is 23.4 Å². The fraction of sp³-hybridized carbons (Fsp3) is 0.304. The highest BCUT2D eigenvalue weighted by Crippen LogP contribution is 2.50. The first-order valence-corrected chi connectivity index (χ1v) is 12.3. The van der Waals surface area contributed by atoms with Crippen LogP contribution in [0, 0.1) is 12.3 Å². The lowest BCUT2D eigenvalue weighted by atomic mass is 10.2. The van der Waals surface area contributed by atoms with Crippen LogP contribution in [0.4, 0.5) is 0 Å². The quantitative estimate of drug-likeness (QED) is 0.256. The van der Waals surface area contributed by atoms with Crippen molar-refractivity contribution < 1.29 is 14.1 Å². The Morgan fingerprint density at radius 1 is 1.10 bits per heavy atom. The van der Waals surface area contributed by atoms with Crippen LogP contribution in [-0.4, -0.2) is 20.8 Å². The van der Waals surface area contributed by atoms with Gasteiger partial charge in [0, 0.05) is 17.0 Å². The van der Waals surface area contributed by atoms with Gasteiger partial charge in [-0.3, -0.25) is 4.79 Å². The lowest BCUT2D eigenvalue weighted by molar-refractivity contribution is -0.154. The van der Waals surface area contributed by atoms with Gasteiger partial charge in [0.2, 0.25) is 0 Å². The van der Waals surface area contributed by atoms with Crippen LogP contribution in [0.1, 0.15) is 33.6 Å². The molecule has 0 bridgehead atoms. The molecule has 0 N–H and O–H groups in total. The van der Waals surface area contributed by atoms with Crippen LogP contribution in [0.25, 0.3) is 0 Å². The molecule has 152 valence electrons. The van der Waals surface area contributed by atoms with Crippen LogP contribution in [0.2, 0.25) is 0 Å². The smallest absolute Gasteiger partial charge is 0.320 e. The Bertz CT molecular complexity index is 885. The van der Waals surface area contributed by atoms with Crippen molar-refractivity contribution in [2.24, 2.45) is 0 Å². The van der Waals surface area contributed by atoms with Gasteiger partial charge < -0.3 is 9.30 Å². The number of ether oxygens (including phenoxy) is 1. The van der Waals surface area contributed by atoms with E-state index in [2.05, 4.69) is 5.92 Å². The molecule has 1 unspecified atom stereocenters. The molecule has 0 radical (unpaired) electrons. The molecule has 2 rings (SSSR count). The molecule has 0 aliphatic heterocycles. The largest absolute Gasteiger partial charge is 0.459 e. The minimum absolute atomic E-state index is 0.280. The van der Waals surface area contributed by atoms with Gasteiger partial charge >= 0.3 is 5.97 Å². The average Bonchev–Trinajstić information content (AvgIpc) is 2.70. The molecule has 0 aliphatic carbocycles. The second kappa shape index (κ2) is 10.3. The van der Waals surface area contributed by atoms with Gasteiger partial charge in [-0.1, -0.05) is 84.6 Å². The van der Waals surface area contributed by atoms with Crippen LogP contribution in [0.3, 0.4) is 0 Å². The third kappa shape index (κ3) is 6.31. The monoisotopic (exact) mass is 444 g/mol. The Morgan fingerprint density at radius 2 is 1.59 bits per heavy atom. The van der Waals surface area contributed by atoms with Crippen molar-refractivity contribution in [2.45, 2.75) is 44.5 Å². The zero-order valence-corrected chi connectivity index (χ0v) is 19.4. The SMILES string of the molecule is C#CCCC(SC(=S)P(=O)(c1ccccc1)c1ccccc1)C(=O)OC(C)(C)C. The predicted octanol–water partition coefficient (Wildman–Crippen LogP) is 5.14. The highest BCUT2D eigenvalue weighted by Gasteiger charge is 2.36. The van der Waals surface area contributed by atoms with Crippen molar-refractivity contribution in [3.63, 3.8) is 0 Å². The maximum Gasteiger partial charge on any atom is 0.320 e. The van der Waals surface area contributed by atoms with E-state index in [1.54, 1.807) is 0 Å². The van der Waals surface area contributed by atoms with Crippen LogP contribution < -0.4 is 10.6 Å². The number of thioether (sulfide) groups is 1. The summed E-state index contributed by atoms with van der Waals surface area (Å²) in [5.74, 6) is 2.16. The molecule has 3 nitrogen and oxygen atoms in total. The van der Waals surface area contributed by atoms with E-state index in [1.165, 1.54) is 0 Å². The summed E-state index contributed by atoms with van der Waals surface area (Å²) in [7, 11) is -3.26. The molecule has 0 saturated heterocycles. The number of hydrogen-bond acceptors (Lipinski definition) is 5. The molecular weight excluding hydrogens is 419 g/mol. The molecule has 2 aromatic rings. The first-order valence-electron chi connectivity index (χ1n) is 9.27. The minimum atomic E-state index is -3.26. The molecular formula is C23H25O3PS2. The number of carbonyl (C=O) groups is 1. The zero-order valence-electron chi connectivity index (χ0n) is 16.8. The van der Waals surface area contributed by atoms with Crippen molar-refractivity contribution in [3.8, 4) is 12.3 Å². The number of benzene rings is 2. The molecule has 0 saturated carbocycles.